The van der Waals surface area contributed by atoms with Gasteiger partial charge in [-0.2, -0.15) is 26.3 Å². The SMILES string of the molecule is CC(C)C(c1ccc(F)cc1)N1CCNCC1.O=C(O)C(F)(F)F.O=C(O)C(F)(F)F. The highest BCUT2D eigenvalue weighted by atomic mass is 19.4. The van der Waals surface area contributed by atoms with Crippen LogP contribution in [0.5, 0.6) is 0 Å². The summed E-state index contributed by atoms with van der Waals surface area (Å²) in [5.74, 6) is -5.13. The lowest BCUT2D eigenvalue weighted by Gasteiger charge is -2.37. The molecule has 1 fully saturated rings. The number of rotatable bonds is 3. The van der Waals surface area contributed by atoms with Crippen molar-refractivity contribution in [2.24, 2.45) is 5.92 Å². The third kappa shape index (κ3) is 11.5. The first-order valence-electron chi connectivity index (χ1n) is 8.87. The Hall–Kier alpha value is -2.41. The number of piperazine rings is 1. The van der Waals surface area contributed by atoms with Crippen LogP contribution >= 0.6 is 0 Å². The van der Waals surface area contributed by atoms with E-state index in [1.165, 1.54) is 5.56 Å². The van der Waals surface area contributed by atoms with Crippen LogP contribution in [-0.2, 0) is 9.59 Å². The molecule has 1 aromatic carbocycles. The van der Waals surface area contributed by atoms with E-state index in [0.717, 1.165) is 26.2 Å². The molecule has 1 saturated heterocycles. The molecular weight excluding hydrogens is 441 g/mol. The van der Waals surface area contributed by atoms with Crippen molar-refractivity contribution < 1.29 is 50.5 Å². The van der Waals surface area contributed by atoms with E-state index in [1.54, 1.807) is 12.1 Å². The topological polar surface area (TPSA) is 89.9 Å². The summed E-state index contributed by atoms with van der Waals surface area (Å²) < 4.78 is 76.4. The Morgan fingerprint density at radius 3 is 1.55 bits per heavy atom. The monoisotopic (exact) mass is 464 g/mol. The van der Waals surface area contributed by atoms with Crippen LogP contribution in [0.15, 0.2) is 24.3 Å². The van der Waals surface area contributed by atoms with Gasteiger partial charge in [-0.1, -0.05) is 26.0 Å². The highest BCUT2D eigenvalue weighted by molar-refractivity contribution is 5.73. The summed E-state index contributed by atoms with van der Waals surface area (Å²) in [7, 11) is 0. The van der Waals surface area contributed by atoms with Gasteiger partial charge in [0.05, 0.1) is 0 Å². The first kappa shape index (κ1) is 28.6. The number of halogens is 7. The molecule has 1 aromatic rings. The van der Waals surface area contributed by atoms with Crippen LogP contribution in [0.1, 0.15) is 25.5 Å². The van der Waals surface area contributed by atoms with Crippen molar-refractivity contribution in [2.75, 3.05) is 26.2 Å². The molecule has 1 aliphatic rings. The van der Waals surface area contributed by atoms with Gasteiger partial charge in [-0.15, -0.1) is 0 Å². The Labute approximate surface area is 173 Å². The first-order valence-corrected chi connectivity index (χ1v) is 8.87. The van der Waals surface area contributed by atoms with Crippen LogP contribution in [0.25, 0.3) is 0 Å². The standard InChI is InChI=1S/C14H21FN2.2C2HF3O2/c1-11(2)14(17-9-7-16-8-10-17)12-3-5-13(15)6-4-12;2*3-2(4,5)1(6)7/h3-6,11,14,16H,7-10H2,1-2H3;2*(H,6,7). The van der Waals surface area contributed by atoms with Gasteiger partial charge in [-0.25, -0.2) is 14.0 Å². The van der Waals surface area contributed by atoms with Crippen molar-refractivity contribution in [1.82, 2.24) is 10.2 Å². The maximum Gasteiger partial charge on any atom is 0.490 e. The Morgan fingerprint density at radius 1 is 0.903 bits per heavy atom. The minimum absolute atomic E-state index is 0.156. The number of aliphatic carboxylic acids is 2. The molecule has 0 saturated carbocycles. The molecule has 13 heteroatoms. The predicted octanol–water partition coefficient (Wildman–Crippen LogP) is 3.69. The number of carbonyl (C=O) groups is 2. The minimum Gasteiger partial charge on any atom is -0.475 e. The number of alkyl halides is 6. The van der Waals surface area contributed by atoms with Gasteiger partial charge in [0.15, 0.2) is 0 Å². The van der Waals surface area contributed by atoms with Crippen molar-refractivity contribution in [3.8, 4) is 0 Å². The van der Waals surface area contributed by atoms with Crippen LogP contribution in [0.4, 0.5) is 30.7 Å². The summed E-state index contributed by atoms with van der Waals surface area (Å²) in [6.45, 7) is 8.70. The van der Waals surface area contributed by atoms with Gasteiger partial charge >= 0.3 is 24.3 Å². The number of benzene rings is 1. The lowest BCUT2D eigenvalue weighted by atomic mass is 9.94. The van der Waals surface area contributed by atoms with Crippen molar-refractivity contribution in [2.45, 2.75) is 32.2 Å². The molecule has 0 spiro atoms. The average Bonchev–Trinajstić information content (AvgIpc) is 2.63. The van der Waals surface area contributed by atoms with E-state index in [1.807, 2.05) is 12.1 Å². The lowest BCUT2D eigenvalue weighted by molar-refractivity contribution is -0.193. The number of carboxylic acids is 2. The van der Waals surface area contributed by atoms with E-state index < -0.39 is 24.3 Å². The molecule has 1 heterocycles. The molecule has 0 aliphatic carbocycles. The molecule has 1 atom stereocenters. The number of nitrogens with one attached hydrogen (secondary N) is 1. The van der Waals surface area contributed by atoms with E-state index in [9.17, 15) is 30.7 Å². The van der Waals surface area contributed by atoms with Crippen LogP contribution < -0.4 is 5.32 Å². The number of hydrogen-bond acceptors (Lipinski definition) is 4. The summed E-state index contributed by atoms with van der Waals surface area (Å²) in [4.78, 5) is 20.3. The molecule has 2 rings (SSSR count). The minimum atomic E-state index is -5.08. The van der Waals surface area contributed by atoms with E-state index in [0.29, 0.717) is 12.0 Å². The predicted molar refractivity (Wildman–Crippen MR) is 95.8 cm³/mol. The Bertz CT molecular complexity index is 662. The third-order valence-electron chi connectivity index (χ3n) is 3.87. The summed E-state index contributed by atoms with van der Waals surface area (Å²) in [6.07, 6.45) is -10.2. The molecule has 0 amide bonds. The zero-order valence-electron chi connectivity index (χ0n) is 16.6. The van der Waals surface area contributed by atoms with Gasteiger partial charge in [-0.3, -0.25) is 4.90 Å². The maximum absolute atomic E-state index is 13.0. The largest absolute Gasteiger partial charge is 0.490 e. The third-order valence-corrected chi connectivity index (χ3v) is 3.87. The Balaban J connectivity index is 0.000000536. The first-order chi connectivity index (χ1) is 14.1. The fourth-order valence-corrected chi connectivity index (χ4v) is 2.64. The summed E-state index contributed by atoms with van der Waals surface area (Å²) in [5.41, 5.74) is 1.23. The Morgan fingerprint density at radius 2 is 1.26 bits per heavy atom. The van der Waals surface area contributed by atoms with Gasteiger partial charge in [0.1, 0.15) is 5.82 Å². The second-order valence-electron chi connectivity index (χ2n) is 6.63. The van der Waals surface area contributed by atoms with Gasteiger partial charge in [0.25, 0.3) is 0 Å². The molecule has 3 N–H and O–H groups in total. The zero-order chi connectivity index (χ0) is 24.4. The molecule has 1 unspecified atom stereocenters. The highest BCUT2D eigenvalue weighted by Gasteiger charge is 2.38. The molecule has 0 aromatic heterocycles. The van der Waals surface area contributed by atoms with Crippen LogP contribution in [0.2, 0.25) is 0 Å². The van der Waals surface area contributed by atoms with E-state index in [-0.39, 0.29) is 5.82 Å². The second-order valence-corrected chi connectivity index (χ2v) is 6.63. The number of nitrogens with zero attached hydrogens (tertiary/aromatic N) is 1. The van der Waals surface area contributed by atoms with Gasteiger partial charge in [0, 0.05) is 32.2 Å². The quantitative estimate of drug-likeness (QED) is 0.592. The van der Waals surface area contributed by atoms with Crippen LogP contribution in [-0.4, -0.2) is 65.6 Å². The van der Waals surface area contributed by atoms with Crippen molar-refractivity contribution in [1.29, 1.82) is 0 Å². The smallest absolute Gasteiger partial charge is 0.475 e. The van der Waals surface area contributed by atoms with Crippen molar-refractivity contribution in [3.05, 3.63) is 35.6 Å². The Kier molecular flexibility index (Phi) is 11.5. The maximum atomic E-state index is 13.0. The molecular formula is C18H23F7N2O4. The normalized spacial score (nSPS) is 15.8. The van der Waals surface area contributed by atoms with Crippen molar-refractivity contribution in [3.63, 3.8) is 0 Å². The summed E-state index contributed by atoms with van der Waals surface area (Å²) in [5, 5.41) is 17.6. The fourth-order valence-electron chi connectivity index (χ4n) is 2.64. The average molecular weight is 464 g/mol. The van der Waals surface area contributed by atoms with Crippen LogP contribution in [0, 0.1) is 11.7 Å². The molecule has 1 aliphatic heterocycles. The molecule has 178 valence electrons. The van der Waals surface area contributed by atoms with Gasteiger partial charge in [-0.05, 0) is 23.6 Å². The molecule has 6 nitrogen and oxygen atoms in total. The summed E-state index contributed by atoms with van der Waals surface area (Å²) >= 11 is 0. The van der Waals surface area contributed by atoms with Crippen LogP contribution in [0.3, 0.4) is 0 Å². The van der Waals surface area contributed by atoms with E-state index in [2.05, 4.69) is 24.1 Å². The second kappa shape index (κ2) is 12.4. The number of hydrogen-bond donors (Lipinski definition) is 3. The number of carboxylic acid groups (broad SMARTS) is 2. The molecule has 0 bridgehead atoms. The molecule has 0 radical (unpaired) electrons. The lowest BCUT2D eigenvalue weighted by Crippen LogP contribution is -2.46. The van der Waals surface area contributed by atoms with Gasteiger partial charge < -0.3 is 15.5 Å². The summed E-state index contributed by atoms with van der Waals surface area (Å²) in [6, 6.07) is 7.36. The molecule has 31 heavy (non-hydrogen) atoms. The highest BCUT2D eigenvalue weighted by Crippen LogP contribution is 2.28. The van der Waals surface area contributed by atoms with E-state index >= 15 is 0 Å². The fraction of sp³-hybridized carbons (Fsp3) is 0.556. The zero-order valence-corrected chi connectivity index (χ0v) is 16.6. The van der Waals surface area contributed by atoms with Gasteiger partial charge in [0.2, 0.25) is 0 Å². The van der Waals surface area contributed by atoms with E-state index in [4.69, 9.17) is 19.8 Å². The van der Waals surface area contributed by atoms with Crippen molar-refractivity contribution >= 4 is 11.9 Å².